The van der Waals surface area contributed by atoms with Crippen LogP contribution in [0.4, 0.5) is 5.69 Å². The van der Waals surface area contributed by atoms with Crippen molar-refractivity contribution in [3.8, 4) is 0 Å². The third kappa shape index (κ3) is 4.81. The van der Waals surface area contributed by atoms with Gasteiger partial charge in [0.05, 0.1) is 17.6 Å². The molecule has 1 aromatic rings. The van der Waals surface area contributed by atoms with Crippen LogP contribution in [-0.2, 0) is 4.74 Å². The number of aliphatic imine (C=N–C) groups is 1. The van der Waals surface area contributed by atoms with Gasteiger partial charge in [-0.2, -0.15) is 0 Å². The van der Waals surface area contributed by atoms with Crippen LogP contribution >= 0.6 is 0 Å². The third-order valence-corrected chi connectivity index (χ3v) is 4.48. The number of hydrogen-bond acceptors (Lipinski definition) is 3. The molecule has 1 fully saturated rings. The molecule has 0 aromatic heterocycles. The van der Waals surface area contributed by atoms with Gasteiger partial charge in [0.1, 0.15) is 6.10 Å². The molecular weight excluding hydrogens is 288 g/mol. The van der Waals surface area contributed by atoms with E-state index in [1.165, 1.54) is 6.42 Å². The Kier molecular flexibility index (Phi) is 6.20. The summed E-state index contributed by atoms with van der Waals surface area (Å²) >= 11 is 0. The van der Waals surface area contributed by atoms with Crippen LogP contribution in [0.3, 0.4) is 0 Å². The van der Waals surface area contributed by atoms with Gasteiger partial charge >= 0.3 is 5.97 Å². The molecule has 0 N–H and O–H groups in total. The summed E-state index contributed by atoms with van der Waals surface area (Å²) in [5.41, 5.74) is 3.47. The highest BCUT2D eigenvalue weighted by molar-refractivity contribution is 5.92. The highest BCUT2D eigenvalue weighted by atomic mass is 16.5. The molecule has 126 valence electrons. The number of aryl methyl sites for hydroxylation is 2. The molecule has 0 amide bonds. The maximum Gasteiger partial charge on any atom is 0.338 e. The first-order valence-electron chi connectivity index (χ1n) is 8.58. The van der Waals surface area contributed by atoms with Crippen molar-refractivity contribution in [2.45, 2.75) is 59.0 Å². The Balaban J connectivity index is 2.12. The summed E-state index contributed by atoms with van der Waals surface area (Å²) < 4.78 is 5.68. The van der Waals surface area contributed by atoms with Crippen LogP contribution in [0.25, 0.3) is 0 Å². The average Bonchev–Trinajstić information content (AvgIpc) is 2.55. The van der Waals surface area contributed by atoms with Crippen molar-refractivity contribution in [1.82, 2.24) is 4.90 Å². The van der Waals surface area contributed by atoms with E-state index < -0.39 is 0 Å². The zero-order valence-corrected chi connectivity index (χ0v) is 14.8. The summed E-state index contributed by atoms with van der Waals surface area (Å²) in [6.45, 7) is 6.91. The normalized spacial score (nSPS) is 15.8. The topological polar surface area (TPSA) is 41.9 Å². The average molecular weight is 316 g/mol. The molecule has 0 unspecified atom stereocenters. The fourth-order valence-electron chi connectivity index (χ4n) is 2.80. The lowest BCUT2D eigenvalue weighted by molar-refractivity contribution is 0.0210. The Bertz CT molecular complexity index is 575. The first kappa shape index (κ1) is 17.5. The summed E-state index contributed by atoms with van der Waals surface area (Å²) in [5.74, 6) is -0.196. The van der Waals surface area contributed by atoms with E-state index in [4.69, 9.17) is 4.74 Å². The molecule has 1 aliphatic rings. The molecule has 1 saturated carbocycles. The number of nitrogens with zero attached hydrogens (tertiary/aromatic N) is 2. The Morgan fingerprint density at radius 2 is 1.96 bits per heavy atom. The predicted octanol–water partition coefficient (Wildman–Crippen LogP) is 4.40. The molecule has 0 heterocycles. The van der Waals surface area contributed by atoms with Crippen molar-refractivity contribution in [2.75, 3.05) is 13.6 Å². The maximum atomic E-state index is 12.4. The van der Waals surface area contributed by atoms with Crippen LogP contribution in [0.2, 0.25) is 0 Å². The lowest BCUT2D eigenvalue weighted by Crippen LogP contribution is -2.21. The molecule has 1 aliphatic carbocycles. The van der Waals surface area contributed by atoms with Gasteiger partial charge in [0.15, 0.2) is 0 Å². The second-order valence-corrected chi connectivity index (χ2v) is 6.44. The molecule has 0 bridgehead atoms. The third-order valence-electron chi connectivity index (χ3n) is 4.48. The van der Waals surface area contributed by atoms with Crippen LogP contribution in [0.5, 0.6) is 0 Å². The van der Waals surface area contributed by atoms with E-state index >= 15 is 0 Å². The zero-order valence-electron chi connectivity index (χ0n) is 14.8. The van der Waals surface area contributed by atoms with Crippen molar-refractivity contribution < 1.29 is 9.53 Å². The minimum atomic E-state index is -0.196. The number of esters is 1. The number of carbonyl (C=O) groups is 1. The van der Waals surface area contributed by atoms with Gasteiger partial charge in [-0.05, 0) is 69.7 Å². The van der Waals surface area contributed by atoms with Crippen molar-refractivity contribution in [1.29, 1.82) is 0 Å². The van der Waals surface area contributed by atoms with E-state index in [1.807, 2.05) is 44.3 Å². The number of rotatable bonds is 5. The van der Waals surface area contributed by atoms with Crippen LogP contribution in [-0.4, -0.2) is 36.9 Å². The van der Waals surface area contributed by atoms with Crippen molar-refractivity contribution in [3.63, 3.8) is 0 Å². The standard InChI is InChI=1S/C19H28N2O2/c1-5-21(4)13-20-18-12-14(2)17(11-15(18)3)19(22)23-16-9-7-6-8-10-16/h11-13,16H,5-10H2,1-4H3. The Labute approximate surface area is 139 Å². The smallest absolute Gasteiger partial charge is 0.338 e. The van der Waals surface area contributed by atoms with Gasteiger partial charge in [-0.1, -0.05) is 6.42 Å². The highest BCUT2D eigenvalue weighted by Gasteiger charge is 2.20. The fraction of sp³-hybridized carbons (Fsp3) is 0.579. The lowest BCUT2D eigenvalue weighted by Gasteiger charge is -2.22. The first-order chi connectivity index (χ1) is 11.0. The van der Waals surface area contributed by atoms with E-state index in [1.54, 1.807) is 0 Å². The molecule has 0 aliphatic heterocycles. The fourth-order valence-corrected chi connectivity index (χ4v) is 2.80. The number of ether oxygens (including phenoxy) is 1. The molecule has 4 heteroatoms. The number of carbonyl (C=O) groups excluding carboxylic acids is 1. The van der Waals surface area contributed by atoms with Gasteiger partial charge in [0, 0.05) is 13.6 Å². The molecule has 0 spiro atoms. The maximum absolute atomic E-state index is 12.4. The minimum absolute atomic E-state index is 0.0897. The summed E-state index contributed by atoms with van der Waals surface area (Å²) in [6, 6.07) is 3.87. The van der Waals surface area contributed by atoms with E-state index in [0.29, 0.717) is 5.56 Å². The van der Waals surface area contributed by atoms with E-state index in [-0.39, 0.29) is 12.1 Å². The second kappa shape index (κ2) is 8.14. The quantitative estimate of drug-likeness (QED) is 0.459. The van der Waals surface area contributed by atoms with Crippen molar-refractivity contribution >= 4 is 18.0 Å². The Morgan fingerprint density at radius 3 is 2.61 bits per heavy atom. The molecule has 0 saturated heterocycles. The molecule has 23 heavy (non-hydrogen) atoms. The Morgan fingerprint density at radius 1 is 1.26 bits per heavy atom. The van der Waals surface area contributed by atoms with Crippen molar-refractivity contribution in [2.24, 2.45) is 4.99 Å². The summed E-state index contributed by atoms with van der Waals surface area (Å²) in [4.78, 5) is 19.0. The highest BCUT2D eigenvalue weighted by Crippen LogP contribution is 2.26. The molecule has 4 nitrogen and oxygen atoms in total. The van der Waals surface area contributed by atoms with Gasteiger partial charge in [-0.25, -0.2) is 9.79 Å². The van der Waals surface area contributed by atoms with Gasteiger partial charge < -0.3 is 9.64 Å². The lowest BCUT2D eigenvalue weighted by atomic mass is 9.97. The number of benzene rings is 1. The van der Waals surface area contributed by atoms with Gasteiger partial charge in [0.25, 0.3) is 0 Å². The van der Waals surface area contributed by atoms with Crippen molar-refractivity contribution in [3.05, 3.63) is 28.8 Å². The van der Waals surface area contributed by atoms with Gasteiger partial charge in [-0.15, -0.1) is 0 Å². The zero-order chi connectivity index (χ0) is 16.8. The monoisotopic (exact) mass is 316 g/mol. The predicted molar refractivity (Wildman–Crippen MR) is 94.7 cm³/mol. The van der Waals surface area contributed by atoms with E-state index in [2.05, 4.69) is 11.9 Å². The van der Waals surface area contributed by atoms with Crippen LogP contribution in [0.1, 0.15) is 60.5 Å². The molecule has 1 aromatic carbocycles. The van der Waals surface area contributed by atoms with Crippen LogP contribution in [0, 0.1) is 13.8 Å². The molecular formula is C19H28N2O2. The summed E-state index contributed by atoms with van der Waals surface area (Å²) in [5, 5.41) is 0. The SMILES string of the molecule is CCN(C)C=Nc1cc(C)c(C(=O)OC2CCCCC2)cc1C. The molecule has 0 atom stereocenters. The van der Waals surface area contributed by atoms with E-state index in [9.17, 15) is 4.79 Å². The van der Waals surface area contributed by atoms with Crippen LogP contribution < -0.4 is 0 Å². The van der Waals surface area contributed by atoms with Crippen LogP contribution in [0.15, 0.2) is 17.1 Å². The van der Waals surface area contributed by atoms with Gasteiger partial charge in [-0.3, -0.25) is 0 Å². The minimum Gasteiger partial charge on any atom is -0.459 e. The van der Waals surface area contributed by atoms with E-state index in [0.717, 1.165) is 49.0 Å². The second-order valence-electron chi connectivity index (χ2n) is 6.44. The largest absolute Gasteiger partial charge is 0.459 e. The van der Waals surface area contributed by atoms with Gasteiger partial charge in [0.2, 0.25) is 0 Å². The summed E-state index contributed by atoms with van der Waals surface area (Å²) in [7, 11) is 1.99. The Hall–Kier alpha value is -1.84. The molecule has 2 rings (SSSR count). The number of hydrogen-bond donors (Lipinski definition) is 0. The molecule has 0 radical (unpaired) electrons. The first-order valence-corrected chi connectivity index (χ1v) is 8.58. The summed E-state index contributed by atoms with van der Waals surface area (Å²) in [6.07, 6.45) is 7.48.